The predicted octanol–water partition coefficient (Wildman–Crippen LogP) is 1.60. The summed E-state index contributed by atoms with van der Waals surface area (Å²) in [7, 11) is 1.45. The first-order chi connectivity index (χ1) is 13.4. The van der Waals surface area contributed by atoms with E-state index in [0.29, 0.717) is 55.6 Å². The second-order valence-corrected chi connectivity index (χ2v) is 7.04. The molecule has 2 aromatic rings. The summed E-state index contributed by atoms with van der Waals surface area (Å²) < 4.78 is 6.10. The molecule has 1 saturated heterocycles. The van der Waals surface area contributed by atoms with Gasteiger partial charge in [-0.3, -0.25) is 14.3 Å². The van der Waals surface area contributed by atoms with Gasteiger partial charge in [0, 0.05) is 44.7 Å². The molecule has 1 aromatic heterocycles. The normalized spacial score (nSPS) is 14.2. The minimum Gasteiger partial charge on any atom is -0.450 e. The second-order valence-electron chi connectivity index (χ2n) is 6.60. The van der Waals surface area contributed by atoms with Crippen LogP contribution in [-0.2, 0) is 18.2 Å². The van der Waals surface area contributed by atoms with Crippen LogP contribution >= 0.6 is 11.6 Å². The summed E-state index contributed by atoms with van der Waals surface area (Å²) in [4.78, 5) is 43.3. The molecule has 0 atom stereocenters. The first kappa shape index (κ1) is 20.0. The van der Waals surface area contributed by atoms with Gasteiger partial charge < -0.3 is 14.5 Å². The lowest BCUT2D eigenvalue weighted by atomic mass is 10.1. The van der Waals surface area contributed by atoms with Crippen LogP contribution in [0, 0.1) is 0 Å². The highest BCUT2D eigenvalue weighted by atomic mass is 35.5. The number of ether oxygens (including phenoxy) is 1. The predicted molar refractivity (Wildman–Crippen MR) is 107 cm³/mol. The van der Waals surface area contributed by atoms with Crippen LogP contribution in [0.2, 0.25) is 5.02 Å². The average Bonchev–Trinajstić information content (AvgIpc) is 2.68. The Balaban J connectivity index is 1.90. The minimum atomic E-state index is -0.470. The molecule has 0 saturated carbocycles. The third-order valence-corrected chi connectivity index (χ3v) is 5.01. The number of amides is 1. The van der Waals surface area contributed by atoms with E-state index in [2.05, 4.69) is 4.98 Å². The van der Waals surface area contributed by atoms with Crippen LogP contribution in [0.4, 0.5) is 10.6 Å². The van der Waals surface area contributed by atoms with E-state index in [1.165, 1.54) is 7.05 Å². The van der Waals surface area contributed by atoms with E-state index >= 15 is 0 Å². The fraction of sp³-hybridized carbons (Fsp3) is 0.421. The quantitative estimate of drug-likeness (QED) is 0.833. The average molecular weight is 407 g/mol. The first-order valence-electron chi connectivity index (χ1n) is 9.14. The van der Waals surface area contributed by atoms with Gasteiger partial charge in [-0.15, -0.1) is 0 Å². The molecule has 3 rings (SSSR count). The molecule has 1 fully saturated rings. The van der Waals surface area contributed by atoms with Gasteiger partial charge in [0.25, 0.3) is 5.56 Å². The van der Waals surface area contributed by atoms with Gasteiger partial charge in [0.1, 0.15) is 5.82 Å². The number of anilines is 1. The van der Waals surface area contributed by atoms with Gasteiger partial charge in [0.15, 0.2) is 0 Å². The molecule has 28 heavy (non-hydrogen) atoms. The van der Waals surface area contributed by atoms with Gasteiger partial charge in [0.2, 0.25) is 0 Å². The van der Waals surface area contributed by atoms with Crippen LogP contribution in [0.5, 0.6) is 0 Å². The van der Waals surface area contributed by atoms with Crippen molar-refractivity contribution >= 4 is 23.5 Å². The molecule has 0 spiro atoms. The van der Waals surface area contributed by atoms with Crippen LogP contribution in [0.25, 0.3) is 0 Å². The zero-order valence-electron chi connectivity index (χ0n) is 15.9. The summed E-state index contributed by atoms with van der Waals surface area (Å²) in [6.45, 7) is 3.97. The molecule has 150 valence electrons. The summed E-state index contributed by atoms with van der Waals surface area (Å²) in [6, 6.07) is 7.28. The van der Waals surface area contributed by atoms with Crippen molar-refractivity contribution in [2.75, 3.05) is 37.7 Å². The van der Waals surface area contributed by atoms with Crippen molar-refractivity contribution in [3.05, 3.63) is 61.3 Å². The zero-order chi connectivity index (χ0) is 20.3. The van der Waals surface area contributed by atoms with Crippen LogP contribution in [-0.4, -0.2) is 53.3 Å². The molecule has 1 aliphatic rings. The van der Waals surface area contributed by atoms with E-state index in [1.807, 2.05) is 17.0 Å². The Bertz CT molecular complexity index is 977. The lowest BCUT2D eigenvalue weighted by molar-refractivity contribution is 0.105. The van der Waals surface area contributed by atoms with Crippen molar-refractivity contribution < 1.29 is 9.53 Å². The number of nitrogens with one attached hydrogen (secondary N) is 1. The van der Waals surface area contributed by atoms with Crippen LogP contribution < -0.4 is 16.1 Å². The largest absolute Gasteiger partial charge is 0.450 e. The molecule has 8 nitrogen and oxygen atoms in total. The van der Waals surface area contributed by atoms with Crippen molar-refractivity contribution in [2.24, 2.45) is 7.05 Å². The van der Waals surface area contributed by atoms with Crippen LogP contribution in [0.1, 0.15) is 18.1 Å². The first-order valence-corrected chi connectivity index (χ1v) is 9.51. The molecule has 2 heterocycles. The topological polar surface area (TPSA) is 87.6 Å². The summed E-state index contributed by atoms with van der Waals surface area (Å²) in [5.41, 5.74) is 0.561. The lowest BCUT2D eigenvalue weighted by Crippen LogP contribution is -2.50. The number of hydrogen-bond donors (Lipinski definition) is 1. The maximum absolute atomic E-state index is 12.8. The van der Waals surface area contributed by atoms with Gasteiger partial charge in [0.05, 0.1) is 12.2 Å². The molecule has 0 unspecified atom stereocenters. The number of aromatic nitrogens is 2. The number of halogens is 1. The SMILES string of the molecule is CCOC(=O)N1CCN(c2[nH]c(=O)n(C)c(=O)c2Cc2cccc(Cl)c2)CC1. The van der Waals surface area contributed by atoms with Gasteiger partial charge in [-0.1, -0.05) is 23.7 Å². The number of benzene rings is 1. The van der Waals surface area contributed by atoms with E-state index in [0.717, 1.165) is 10.1 Å². The Hall–Kier alpha value is -2.74. The minimum absolute atomic E-state index is 0.324. The van der Waals surface area contributed by atoms with Crippen molar-refractivity contribution in [2.45, 2.75) is 13.3 Å². The number of rotatable bonds is 4. The lowest BCUT2D eigenvalue weighted by Gasteiger charge is -2.35. The standard InChI is InChI=1S/C19H23ClN4O4/c1-3-28-19(27)24-9-7-23(8-10-24)16-15(17(25)22(2)18(26)21-16)12-13-5-4-6-14(20)11-13/h4-6,11H,3,7-10,12H2,1-2H3,(H,21,26). The highest BCUT2D eigenvalue weighted by Crippen LogP contribution is 2.20. The number of nitrogens with zero attached hydrogens (tertiary/aromatic N) is 3. The number of aromatic amines is 1. The molecule has 1 amide bonds. The molecule has 0 aliphatic carbocycles. The van der Waals surface area contributed by atoms with Crippen LogP contribution in [0.3, 0.4) is 0 Å². The third kappa shape index (κ3) is 4.22. The summed E-state index contributed by atoms with van der Waals surface area (Å²) in [5.74, 6) is 0.497. The van der Waals surface area contributed by atoms with Gasteiger partial charge in [-0.25, -0.2) is 9.59 Å². The van der Waals surface area contributed by atoms with Crippen molar-refractivity contribution in [1.29, 1.82) is 0 Å². The van der Waals surface area contributed by atoms with E-state index in [1.54, 1.807) is 24.0 Å². The molecule has 1 aromatic carbocycles. The Labute approximate surface area is 167 Å². The molecular weight excluding hydrogens is 384 g/mol. The molecule has 1 N–H and O–H groups in total. The molecule has 9 heteroatoms. The smallest absolute Gasteiger partial charge is 0.409 e. The van der Waals surface area contributed by atoms with Crippen molar-refractivity contribution in [3.63, 3.8) is 0 Å². The molecular formula is C19H23ClN4O4. The Kier molecular flexibility index (Phi) is 6.08. The Morgan fingerprint density at radius 1 is 1.21 bits per heavy atom. The number of carbonyl (C=O) groups excluding carboxylic acids is 1. The molecule has 0 bridgehead atoms. The number of H-pyrrole nitrogens is 1. The van der Waals surface area contributed by atoms with E-state index in [4.69, 9.17) is 16.3 Å². The second kappa shape index (κ2) is 8.52. The molecule has 0 radical (unpaired) electrons. The maximum Gasteiger partial charge on any atom is 0.409 e. The third-order valence-electron chi connectivity index (χ3n) is 4.77. The van der Waals surface area contributed by atoms with Gasteiger partial charge >= 0.3 is 11.8 Å². The fourth-order valence-corrected chi connectivity index (χ4v) is 3.48. The van der Waals surface area contributed by atoms with Crippen molar-refractivity contribution in [3.8, 4) is 0 Å². The number of carbonyl (C=O) groups is 1. The summed E-state index contributed by atoms with van der Waals surface area (Å²) >= 11 is 6.07. The van der Waals surface area contributed by atoms with Crippen LogP contribution in [0.15, 0.2) is 33.9 Å². The van der Waals surface area contributed by atoms with Crippen molar-refractivity contribution in [1.82, 2.24) is 14.5 Å². The fourth-order valence-electron chi connectivity index (χ4n) is 3.26. The monoisotopic (exact) mass is 406 g/mol. The summed E-state index contributed by atoms with van der Waals surface area (Å²) in [6.07, 6.45) is -0.00368. The number of piperazine rings is 1. The van der Waals surface area contributed by atoms with E-state index in [9.17, 15) is 14.4 Å². The maximum atomic E-state index is 12.8. The number of hydrogen-bond acceptors (Lipinski definition) is 5. The highest BCUT2D eigenvalue weighted by molar-refractivity contribution is 6.30. The molecule has 1 aliphatic heterocycles. The van der Waals surface area contributed by atoms with E-state index < -0.39 is 5.69 Å². The van der Waals surface area contributed by atoms with Gasteiger partial charge in [-0.05, 0) is 24.6 Å². The summed E-state index contributed by atoms with van der Waals surface area (Å²) in [5, 5.41) is 0.586. The zero-order valence-corrected chi connectivity index (χ0v) is 16.7. The van der Waals surface area contributed by atoms with Gasteiger partial charge in [-0.2, -0.15) is 0 Å². The highest BCUT2D eigenvalue weighted by Gasteiger charge is 2.25. The van der Waals surface area contributed by atoms with E-state index in [-0.39, 0.29) is 11.7 Å². The Morgan fingerprint density at radius 3 is 2.57 bits per heavy atom. The Morgan fingerprint density at radius 2 is 1.93 bits per heavy atom.